The minimum absolute atomic E-state index is 0.742. The highest BCUT2D eigenvalue weighted by Gasteiger charge is 2.06. The van der Waals surface area contributed by atoms with E-state index in [1.165, 1.54) is 6.42 Å². The lowest BCUT2D eigenvalue weighted by atomic mass is 10.3. The van der Waals surface area contributed by atoms with E-state index in [9.17, 15) is 0 Å². The SMILES string of the molecule is CCCCNc1ncnc2ncn(C)c12. The molecule has 5 nitrogen and oxygen atoms in total. The van der Waals surface area contributed by atoms with E-state index >= 15 is 0 Å². The molecule has 0 radical (unpaired) electrons. The van der Waals surface area contributed by atoms with Crippen LogP contribution in [0, 0.1) is 0 Å². The molecule has 0 unspecified atom stereocenters. The van der Waals surface area contributed by atoms with Crippen molar-refractivity contribution < 1.29 is 0 Å². The third kappa shape index (κ3) is 1.91. The first-order valence-corrected chi connectivity index (χ1v) is 5.19. The van der Waals surface area contributed by atoms with E-state index in [0.29, 0.717) is 0 Å². The van der Waals surface area contributed by atoms with Crippen molar-refractivity contribution in [3.05, 3.63) is 12.7 Å². The molecule has 0 atom stereocenters. The zero-order valence-electron chi connectivity index (χ0n) is 9.06. The molecule has 0 saturated carbocycles. The van der Waals surface area contributed by atoms with Gasteiger partial charge in [-0.1, -0.05) is 13.3 Å². The van der Waals surface area contributed by atoms with Crippen molar-refractivity contribution >= 4 is 17.0 Å². The summed E-state index contributed by atoms with van der Waals surface area (Å²) in [5.41, 5.74) is 1.71. The van der Waals surface area contributed by atoms with Crippen LogP contribution in [0.5, 0.6) is 0 Å². The summed E-state index contributed by atoms with van der Waals surface area (Å²) in [7, 11) is 1.95. The first kappa shape index (κ1) is 9.89. The maximum atomic E-state index is 4.23. The summed E-state index contributed by atoms with van der Waals surface area (Å²) in [5.74, 6) is 0.869. The lowest BCUT2D eigenvalue weighted by molar-refractivity contribution is 0.830. The smallest absolute Gasteiger partial charge is 0.182 e. The number of hydrogen-bond donors (Lipinski definition) is 1. The van der Waals surface area contributed by atoms with Crippen LogP contribution in [0.1, 0.15) is 19.8 Å². The average molecular weight is 205 g/mol. The van der Waals surface area contributed by atoms with Gasteiger partial charge in [-0.05, 0) is 6.42 Å². The molecule has 1 N–H and O–H groups in total. The average Bonchev–Trinajstić information content (AvgIpc) is 2.62. The Morgan fingerprint density at radius 1 is 1.33 bits per heavy atom. The maximum absolute atomic E-state index is 4.23. The molecule has 0 aliphatic carbocycles. The fraction of sp³-hybridized carbons (Fsp3) is 0.500. The first-order chi connectivity index (χ1) is 7.33. The molecule has 0 aliphatic heterocycles. The van der Waals surface area contributed by atoms with Crippen LogP contribution in [-0.2, 0) is 7.05 Å². The molecule has 2 aromatic rings. The molecule has 0 spiro atoms. The molecule has 0 saturated heterocycles. The molecule has 2 rings (SSSR count). The van der Waals surface area contributed by atoms with Crippen LogP contribution in [0.4, 0.5) is 5.82 Å². The van der Waals surface area contributed by atoms with E-state index in [0.717, 1.165) is 29.9 Å². The molecule has 15 heavy (non-hydrogen) atoms. The Bertz CT molecular complexity index is 448. The van der Waals surface area contributed by atoms with Gasteiger partial charge in [0.05, 0.1) is 6.33 Å². The standard InChI is InChI=1S/C10H15N5/c1-3-4-5-11-9-8-10(13-6-12-9)14-7-15(8)2/h6-7H,3-5H2,1-2H3,(H,11,12,13). The summed E-state index contributed by atoms with van der Waals surface area (Å²) < 4.78 is 1.93. The number of hydrogen-bond acceptors (Lipinski definition) is 4. The Balaban J connectivity index is 2.29. The Morgan fingerprint density at radius 2 is 2.20 bits per heavy atom. The molecule has 0 aromatic carbocycles. The summed E-state index contributed by atoms with van der Waals surface area (Å²) in [4.78, 5) is 12.5. The van der Waals surface area contributed by atoms with Crippen LogP contribution in [0.2, 0.25) is 0 Å². The lowest BCUT2D eigenvalue weighted by Gasteiger charge is -2.05. The van der Waals surface area contributed by atoms with Crippen LogP contribution in [0.3, 0.4) is 0 Å². The van der Waals surface area contributed by atoms with Gasteiger partial charge in [0.15, 0.2) is 11.5 Å². The maximum Gasteiger partial charge on any atom is 0.182 e. The second kappa shape index (κ2) is 4.25. The summed E-state index contributed by atoms with van der Waals surface area (Å²) in [6.07, 6.45) is 5.62. The number of fused-ring (bicyclic) bond motifs is 1. The predicted molar refractivity (Wildman–Crippen MR) is 59.7 cm³/mol. The largest absolute Gasteiger partial charge is 0.368 e. The fourth-order valence-electron chi connectivity index (χ4n) is 1.50. The molecule has 0 amide bonds. The molecule has 2 heterocycles. The fourth-order valence-corrected chi connectivity index (χ4v) is 1.50. The van der Waals surface area contributed by atoms with Crippen molar-refractivity contribution in [1.29, 1.82) is 0 Å². The number of nitrogens with zero attached hydrogens (tertiary/aromatic N) is 4. The Morgan fingerprint density at radius 3 is 3.00 bits per heavy atom. The van der Waals surface area contributed by atoms with Crippen molar-refractivity contribution in [3.63, 3.8) is 0 Å². The number of imidazole rings is 1. The van der Waals surface area contributed by atoms with Gasteiger partial charge >= 0.3 is 0 Å². The zero-order valence-corrected chi connectivity index (χ0v) is 9.06. The van der Waals surface area contributed by atoms with Crippen molar-refractivity contribution in [2.24, 2.45) is 7.05 Å². The molecular formula is C10H15N5. The molecule has 5 heteroatoms. The topological polar surface area (TPSA) is 55.6 Å². The van der Waals surface area contributed by atoms with Crippen LogP contribution < -0.4 is 5.32 Å². The van der Waals surface area contributed by atoms with E-state index in [1.54, 1.807) is 12.7 Å². The van der Waals surface area contributed by atoms with Crippen molar-refractivity contribution in [3.8, 4) is 0 Å². The number of unbranched alkanes of at least 4 members (excludes halogenated alkanes) is 1. The highest BCUT2D eigenvalue weighted by Crippen LogP contribution is 2.16. The normalized spacial score (nSPS) is 10.8. The predicted octanol–water partition coefficient (Wildman–Crippen LogP) is 1.58. The van der Waals surface area contributed by atoms with Crippen LogP contribution in [0.25, 0.3) is 11.2 Å². The summed E-state index contributed by atoms with van der Waals surface area (Å²) >= 11 is 0. The molecule has 0 fully saturated rings. The summed E-state index contributed by atoms with van der Waals surface area (Å²) in [6, 6.07) is 0. The van der Waals surface area contributed by atoms with Gasteiger partial charge in [-0.3, -0.25) is 0 Å². The van der Waals surface area contributed by atoms with E-state index < -0.39 is 0 Å². The Hall–Kier alpha value is -1.65. The van der Waals surface area contributed by atoms with Crippen LogP contribution >= 0.6 is 0 Å². The minimum Gasteiger partial charge on any atom is -0.368 e. The number of nitrogens with one attached hydrogen (secondary N) is 1. The Labute approximate surface area is 88.6 Å². The van der Waals surface area contributed by atoms with Crippen LogP contribution in [0.15, 0.2) is 12.7 Å². The van der Waals surface area contributed by atoms with Gasteiger partial charge in [-0.15, -0.1) is 0 Å². The number of aromatic nitrogens is 4. The highest BCUT2D eigenvalue weighted by atomic mass is 15.1. The molecule has 80 valence electrons. The summed E-state index contributed by atoms with van der Waals surface area (Å²) in [5, 5.41) is 3.30. The van der Waals surface area contributed by atoms with E-state index in [2.05, 4.69) is 27.2 Å². The van der Waals surface area contributed by atoms with E-state index in [-0.39, 0.29) is 0 Å². The van der Waals surface area contributed by atoms with E-state index in [4.69, 9.17) is 0 Å². The molecule has 0 aliphatic rings. The molecular weight excluding hydrogens is 190 g/mol. The first-order valence-electron chi connectivity index (χ1n) is 5.19. The second-order valence-electron chi connectivity index (χ2n) is 3.53. The van der Waals surface area contributed by atoms with Crippen LogP contribution in [-0.4, -0.2) is 26.1 Å². The van der Waals surface area contributed by atoms with Gasteiger partial charge in [-0.25, -0.2) is 15.0 Å². The van der Waals surface area contributed by atoms with Crippen molar-refractivity contribution in [2.75, 3.05) is 11.9 Å². The monoisotopic (exact) mass is 205 g/mol. The molecule has 2 aromatic heterocycles. The van der Waals surface area contributed by atoms with Gasteiger partial charge in [0.2, 0.25) is 0 Å². The highest BCUT2D eigenvalue weighted by molar-refractivity contribution is 5.82. The third-order valence-electron chi connectivity index (χ3n) is 2.33. The van der Waals surface area contributed by atoms with Gasteiger partial charge in [0, 0.05) is 13.6 Å². The van der Waals surface area contributed by atoms with Gasteiger partial charge in [-0.2, -0.15) is 0 Å². The van der Waals surface area contributed by atoms with Gasteiger partial charge < -0.3 is 9.88 Å². The van der Waals surface area contributed by atoms with Gasteiger partial charge in [0.1, 0.15) is 11.8 Å². The summed E-state index contributed by atoms with van der Waals surface area (Å²) in [6.45, 7) is 3.11. The quantitative estimate of drug-likeness (QED) is 0.770. The van der Waals surface area contributed by atoms with Crippen molar-refractivity contribution in [1.82, 2.24) is 19.5 Å². The molecule has 0 bridgehead atoms. The number of rotatable bonds is 4. The Kier molecular flexibility index (Phi) is 2.80. The second-order valence-corrected chi connectivity index (χ2v) is 3.53. The lowest BCUT2D eigenvalue weighted by Crippen LogP contribution is -2.05. The van der Waals surface area contributed by atoms with Gasteiger partial charge in [0.25, 0.3) is 0 Å². The zero-order chi connectivity index (χ0) is 10.7. The third-order valence-corrected chi connectivity index (χ3v) is 2.33. The van der Waals surface area contributed by atoms with E-state index in [1.807, 2.05) is 11.6 Å². The minimum atomic E-state index is 0.742. The van der Waals surface area contributed by atoms with Crippen molar-refractivity contribution in [2.45, 2.75) is 19.8 Å². The number of aryl methyl sites for hydroxylation is 1. The number of anilines is 1.